The number of benzene rings is 1. The van der Waals surface area contributed by atoms with Gasteiger partial charge in [-0.05, 0) is 42.4 Å². The van der Waals surface area contributed by atoms with Crippen LogP contribution in [0.1, 0.15) is 38.8 Å². The molecule has 1 rings (SSSR count). The molecule has 0 amide bonds. The van der Waals surface area contributed by atoms with Crippen molar-refractivity contribution in [2.45, 2.75) is 45.3 Å². The first-order chi connectivity index (χ1) is 8.67. The van der Waals surface area contributed by atoms with Crippen molar-refractivity contribution in [3.05, 3.63) is 29.3 Å². The molecule has 0 radical (unpaired) electrons. The highest BCUT2D eigenvalue weighted by atomic mass is 32.2. The summed E-state index contributed by atoms with van der Waals surface area (Å²) in [4.78, 5) is 0. The summed E-state index contributed by atoms with van der Waals surface area (Å²) in [5.41, 5.74) is 2.60. The van der Waals surface area contributed by atoms with Crippen LogP contribution in [0.4, 0.5) is 0 Å². The molecule has 0 fully saturated rings. The first-order valence-corrected chi connectivity index (χ1v) is 7.66. The lowest BCUT2D eigenvalue weighted by Crippen LogP contribution is -2.00. The molecule has 0 spiro atoms. The zero-order valence-corrected chi connectivity index (χ0v) is 12.7. The summed E-state index contributed by atoms with van der Waals surface area (Å²) in [5.74, 6) is 1.97. The van der Waals surface area contributed by atoms with Crippen LogP contribution in [0, 0.1) is 0 Å². The van der Waals surface area contributed by atoms with Gasteiger partial charge >= 0.3 is 0 Å². The Morgan fingerprint density at radius 2 is 1.89 bits per heavy atom. The Bertz CT molecular complexity index is 350. The third-order valence-corrected chi connectivity index (χ3v) is 3.67. The minimum Gasteiger partial charge on any atom is -0.494 e. The fraction of sp³-hybridized carbons (Fsp3) is 0.600. The summed E-state index contributed by atoms with van der Waals surface area (Å²) in [7, 11) is 0. The zero-order chi connectivity index (χ0) is 13.4. The van der Waals surface area contributed by atoms with E-state index < -0.39 is 0 Å². The molecule has 3 heteroatoms. The standard InChI is InChI=1S/C15H24O2S/c1-5-16-10-14-9-15(17-6-2)8-7-13(14)11-18-12(3)4/h7-9,12H,5-6,10-11H2,1-4H3. The lowest BCUT2D eigenvalue weighted by atomic mass is 10.1. The van der Waals surface area contributed by atoms with Gasteiger partial charge in [0.05, 0.1) is 13.2 Å². The Morgan fingerprint density at radius 1 is 1.11 bits per heavy atom. The maximum absolute atomic E-state index is 5.54. The molecule has 0 aliphatic heterocycles. The molecule has 0 heterocycles. The Balaban J connectivity index is 2.78. The van der Waals surface area contributed by atoms with Crippen molar-refractivity contribution in [2.24, 2.45) is 0 Å². The van der Waals surface area contributed by atoms with Gasteiger partial charge in [-0.1, -0.05) is 19.9 Å². The van der Waals surface area contributed by atoms with E-state index in [4.69, 9.17) is 9.47 Å². The second kappa shape index (κ2) is 8.44. The molecule has 2 nitrogen and oxygen atoms in total. The van der Waals surface area contributed by atoms with Crippen LogP contribution < -0.4 is 4.74 Å². The molecule has 1 aromatic rings. The van der Waals surface area contributed by atoms with Crippen LogP contribution in [-0.2, 0) is 17.1 Å². The predicted octanol–water partition coefficient (Wildman–Crippen LogP) is 4.26. The molecular weight excluding hydrogens is 244 g/mol. The lowest BCUT2D eigenvalue weighted by Gasteiger charge is -2.13. The average molecular weight is 268 g/mol. The Morgan fingerprint density at radius 3 is 2.50 bits per heavy atom. The SMILES string of the molecule is CCOCc1cc(OCC)ccc1CSC(C)C. The van der Waals surface area contributed by atoms with Crippen LogP contribution in [0.25, 0.3) is 0 Å². The molecule has 0 aliphatic rings. The first-order valence-electron chi connectivity index (χ1n) is 6.61. The van der Waals surface area contributed by atoms with E-state index in [1.807, 2.05) is 25.6 Å². The number of hydrogen-bond donors (Lipinski definition) is 0. The molecule has 0 bridgehead atoms. The van der Waals surface area contributed by atoms with Crippen LogP contribution in [0.2, 0.25) is 0 Å². The molecule has 0 saturated heterocycles. The molecular formula is C15H24O2S. The van der Waals surface area contributed by atoms with Crippen LogP contribution >= 0.6 is 11.8 Å². The number of thioether (sulfide) groups is 1. The van der Waals surface area contributed by atoms with E-state index in [1.54, 1.807) is 0 Å². The van der Waals surface area contributed by atoms with Gasteiger partial charge < -0.3 is 9.47 Å². The fourth-order valence-electron chi connectivity index (χ4n) is 1.60. The molecule has 0 aliphatic carbocycles. The van der Waals surface area contributed by atoms with E-state index in [2.05, 4.69) is 32.0 Å². The second-order valence-corrected chi connectivity index (χ2v) is 5.93. The number of hydrogen-bond acceptors (Lipinski definition) is 3. The van der Waals surface area contributed by atoms with Crippen molar-refractivity contribution >= 4 is 11.8 Å². The van der Waals surface area contributed by atoms with E-state index in [-0.39, 0.29) is 0 Å². The van der Waals surface area contributed by atoms with Crippen LogP contribution in [0.5, 0.6) is 5.75 Å². The van der Waals surface area contributed by atoms with Crippen molar-refractivity contribution in [2.75, 3.05) is 13.2 Å². The van der Waals surface area contributed by atoms with E-state index in [0.717, 1.165) is 18.1 Å². The fourth-order valence-corrected chi connectivity index (χ4v) is 2.40. The highest BCUT2D eigenvalue weighted by Crippen LogP contribution is 2.24. The molecule has 0 aromatic heterocycles. The molecule has 0 atom stereocenters. The first kappa shape index (κ1) is 15.4. The smallest absolute Gasteiger partial charge is 0.119 e. The number of rotatable bonds is 8. The van der Waals surface area contributed by atoms with Gasteiger partial charge in [-0.25, -0.2) is 0 Å². The Kier molecular flexibility index (Phi) is 7.21. The van der Waals surface area contributed by atoms with Crippen molar-refractivity contribution in [3.8, 4) is 5.75 Å². The van der Waals surface area contributed by atoms with Crippen molar-refractivity contribution in [3.63, 3.8) is 0 Å². The molecule has 1 aromatic carbocycles. The van der Waals surface area contributed by atoms with Crippen molar-refractivity contribution < 1.29 is 9.47 Å². The lowest BCUT2D eigenvalue weighted by molar-refractivity contribution is 0.133. The van der Waals surface area contributed by atoms with Gasteiger partial charge in [0.1, 0.15) is 5.75 Å². The highest BCUT2D eigenvalue weighted by Gasteiger charge is 2.06. The van der Waals surface area contributed by atoms with Gasteiger partial charge in [-0.2, -0.15) is 11.8 Å². The van der Waals surface area contributed by atoms with Gasteiger partial charge in [0, 0.05) is 12.4 Å². The highest BCUT2D eigenvalue weighted by molar-refractivity contribution is 7.99. The third-order valence-electron chi connectivity index (χ3n) is 2.52. The maximum atomic E-state index is 5.54. The van der Waals surface area contributed by atoms with Crippen LogP contribution in [-0.4, -0.2) is 18.5 Å². The minimum absolute atomic E-state index is 0.650. The predicted molar refractivity (Wildman–Crippen MR) is 79.4 cm³/mol. The molecule has 102 valence electrons. The largest absolute Gasteiger partial charge is 0.494 e. The summed E-state index contributed by atoms with van der Waals surface area (Å²) in [5, 5.41) is 0.650. The van der Waals surface area contributed by atoms with Crippen LogP contribution in [0.15, 0.2) is 18.2 Å². The van der Waals surface area contributed by atoms with E-state index in [1.165, 1.54) is 11.1 Å². The van der Waals surface area contributed by atoms with Crippen LogP contribution in [0.3, 0.4) is 0 Å². The van der Waals surface area contributed by atoms with Crippen molar-refractivity contribution in [1.82, 2.24) is 0 Å². The minimum atomic E-state index is 0.650. The van der Waals surface area contributed by atoms with Gasteiger partial charge in [0.25, 0.3) is 0 Å². The van der Waals surface area contributed by atoms with Gasteiger partial charge in [-0.3, -0.25) is 0 Å². The van der Waals surface area contributed by atoms with Gasteiger partial charge in [0.15, 0.2) is 0 Å². The van der Waals surface area contributed by atoms with Gasteiger partial charge in [0.2, 0.25) is 0 Å². The molecule has 0 N–H and O–H groups in total. The summed E-state index contributed by atoms with van der Waals surface area (Å²) >= 11 is 1.95. The van der Waals surface area contributed by atoms with Gasteiger partial charge in [-0.15, -0.1) is 0 Å². The topological polar surface area (TPSA) is 18.5 Å². The third kappa shape index (κ3) is 5.32. The van der Waals surface area contributed by atoms with E-state index in [0.29, 0.717) is 18.5 Å². The second-order valence-electron chi connectivity index (χ2n) is 4.36. The number of ether oxygens (including phenoxy) is 2. The molecule has 18 heavy (non-hydrogen) atoms. The zero-order valence-electron chi connectivity index (χ0n) is 11.9. The average Bonchev–Trinajstić information content (AvgIpc) is 2.35. The maximum Gasteiger partial charge on any atom is 0.119 e. The monoisotopic (exact) mass is 268 g/mol. The normalized spacial score (nSPS) is 10.9. The quantitative estimate of drug-likeness (QED) is 0.701. The summed E-state index contributed by atoms with van der Waals surface area (Å²) in [6.07, 6.45) is 0. The van der Waals surface area contributed by atoms with Crippen molar-refractivity contribution in [1.29, 1.82) is 0 Å². The van der Waals surface area contributed by atoms with E-state index >= 15 is 0 Å². The summed E-state index contributed by atoms with van der Waals surface area (Å²) < 4.78 is 11.1. The Labute approximate surface area is 115 Å². The summed E-state index contributed by atoms with van der Waals surface area (Å²) in [6.45, 7) is 10.6. The molecule has 0 unspecified atom stereocenters. The summed E-state index contributed by atoms with van der Waals surface area (Å²) in [6, 6.07) is 6.32. The Hall–Kier alpha value is -0.670. The molecule has 0 saturated carbocycles. The van der Waals surface area contributed by atoms with E-state index in [9.17, 15) is 0 Å².